The second-order valence-electron chi connectivity index (χ2n) is 4.09. The van der Waals surface area contributed by atoms with E-state index in [9.17, 15) is 14.7 Å². The summed E-state index contributed by atoms with van der Waals surface area (Å²) in [5.74, 6) is -0.945. The summed E-state index contributed by atoms with van der Waals surface area (Å²) in [6.07, 6.45) is 1.21. The molecular weight excluding hydrogens is 212 g/mol. The van der Waals surface area contributed by atoms with E-state index in [0.717, 1.165) is 19.3 Å². The lowest BCUT2D eigenvalue weighted by Gasteiger charge is -2.39. The van der Waals surface area contributed by atoms with Gasteiger partial charge < -0.3 is 20.9 Å². The van der Waals surface area contributed by atoms with Crippen molar-refractivity contribution < 1.29 is 19.4 Å². The molecule has 1 rings (SSSR count). The molecule has 0 aromatic heterocycles. The van der Waals surface area contributed by atoms with Crippen LogP contribution >= 0.6 is 0 Å². The van der Waals surface area contributed by atoms with Crippen molar-refractivity contribution in [2.24, 2.45) is 11.1 Å². The number of carbonyl (C=O) groups excluding carboxylic acids is 2. The maximum atomic E-state index is 11.7. The number of methoxy groups -OCH3 is 1. The monoisotopic (exact) mass is 230 g/mol. The highest BCUT2D eigenvalue weighted by Crippen LogP contribution is 2.39. The zero-order chi connectivity index (χ0) is 12.2. The van der Waals surface area contributed by atoms with Crippen LogP contribution in [0.15, 0.2) is 0 Å². The minimum Gasteiger partial charge on any atom is -0.467 e. The van der Waals surface area contributed by atoms with Crippen molar-refractivity contribution in [1.82, 2.24) is 5.32 Å². The SMILES string of the molecule is COC(=O)C(O)CNC(=O)C1(CN)CCC1. The van der Waals surface area contributed by atoms with E-state index >= 15 is 0 Å². The van der Waals surface area contributed by atoms with Crippen LogP contribution in [0.4, 0.5) is 0 Å². The second-order valence-corrected chi connectivity index (χ2v) is 4.09. The fourth-order valence-corrected chi connectivity index (χ4v) is 1.72. The van der Waals surface area contributed by atoms with Crippen LogP contribution in [0.3, 0.4) is 0 Å². The molecule has 6 nitrogen and oxygen atoms in total. The van der Waals surface area contributed by atoms with Crippen LogP contribution in [0.25, 0.3) is 0 Å². The topological polar surface area (TPSA) is 102 Å². The van der Waals surface area contributed by atoms with Crippen LogP contribution in [0, 0.1) is 5.41 Å². The standard InChI is InChI=1S/C10H18N2O4/c1-16-8(14)7(13)5-12-9(15)10(6-11)3-2-4-10/h7,13H,2-6,11H2,1H3,(H,12,15). The molecule has 1 fully saturated rings. The van der Waals surface area contributed by atoms with Gasteiger partial charge in [-0.1, -0.05) is 6.42 Å². The molecule has 0 saturated heterocycles. The van der Waals surface area contributed by atoms with E-state index in [4.69, 9.17) is 5.73 Å². The Morgan fingerprint density at radius 2 is 2.19 bits per heavy atom. The molecule has 1 atom stereocenters. The molecule has 0 aromatic rings. The third kappa shape index (κ3) is 2.51. The molecule has 4 N–H and O–H groups in total. The predicted molar refractivity (Wildman–Crippen MR) is 56.4 cm³/mol. The first kappa shape index (κ1) is 12.9. The third-order valence-corrected chi connectivity index (χ3v) is 3.11. The number of hydrogen-bond acceptors (Lipinski definition) is 5. The summed E-state index contributed by atoms with van der Waals surface area (Å²) in [5.41, 5.74) is 5.06. The highest BCUT2D eigenvalue weighted by molar-refractivity contribution is 5.84. The summed E-state index contributed by atoms with van der Waals surface area (Å²) in [5, 5.41) is 11.8. The van der Waals surface area contributed by atoms with Crippen molar-refractivity contribution in [1.29, 1.82) is 0 Å². The minimum absolute atomic E-state index is 0.132. The average Bonchev–Trinajstić information content (AvgIpc) is 2.24. The minimum atomic E-state index is -1.32. The molecular formula is C10H18N2O4. The third-order valence-electron chi connectivity index (χ3n) is 3.11. The van der Waals surface area contributed by atoms with Crippen molar-refractivity contribution in [2.75, 3.05) is 20.2 Å². The highest BCUT2D eigenvalue weighted by atomic mass is 16.5. The lowest BCUT2D eigenvalue weighted by atomic mass is 9.68. The normalized spacial score (nSPS) is 19.4. The first-order valence-electron chi connectivity index (χ1n) is 5.30. The van der Waals surface area contributed by atoms with Gasteiger partial charge in [0.15, 0.2) is 6.10 Å². The van der Waals surface area contributed by atoms with Crippen LogP contribution in [-0.2, 0) is 14.3 Å². The van der Waals surface area contributed by atoms with Gasteiger partial charge in [-0.3, -0.25) is 4.79 Å². The Kier molecular flexibility index (Phi) is 4.26. The van der Waals surface area contributed by atoms with Gasteiger partial charge in [0.05, 0.1) is 19.1 Å². The maximum Gasteiger partial charge on any atom is 0.336 e. The van der Waals surface area contributed by atoms with Gasteiger partial charge in [0.2, 0.25) is 5.91 Å². The lowest BCUT2D eigenvalue weighted by Crippen LogP contribution is -2.52. The van der Waals surface area contributed by atoms with Crippen LogP contribution in [0.2, 0.25) is 0 Å². The number of esters is 1. The van der Waals surface area contributed by atoms with Crippen LogP contribution in [-0.4, -0.2) is 43.3 Å². The number of hydrogen-bond donors (Lipinski definition) is 3. The Morgan fingerprint density at radius 3 is 2.56 bits per heavy atom. The van der Waals surface area contributed by atoms with E-state index in [0.29, 0.717) is 6.54 Å². The van der Waals surface area contributed by atoms with E-state index in [2.05, 4.69) is 10.1 Å². The largest absolute Gasteiger partial charge is 0.467 e. The number of nitrogens with one attached hydrogen (secondary N) is 1. The molecule has 0 spiro atoms. The van der Waals surface area contributed by atoms with E-state index < -0.39 is 17.5 Å². The van der Waals surface area contributed by atoms with Crippen molar-refractivity contribution in [2.45, 2.75) is 25.4 Å². The van der Waals surface area contributed by atoms with Gasteiger partial charge in [-0.2, -0.15) is 0 Å². The molecule has 1 aliphatic carbocycles. The van der Waals surface area contributed by atoms with Crippen molar-refractivity contribution >= 4 is 11.9 Å². The molecule has 6 heteroatoms. The molecule has 16 heavy (non-hydrogen) atoms. The predicted octanol–water partition coefficient (Wildman–Crippen LogP) is -1.23. The van der Waals surface area contributed by atoms with Crippen molar-refractivity contribution in [3.63, 3.8) is 0 Å². The zero-order valence-corrected chi connectivity index (χ0v) is 9.36. The average molecular weight is 230 g/mol. The fraction of sp³-hybridized carbons (Fsp3) is 0.800. The second kappa shape index (κ2) is 5.27. The van der Waals surface area contributed by atoms with Crippen molar-refractivity contribution in [3.8, 4) is 0 Å². The van der Waals surface area contributed by atoms with Gasteiger partial charge in [-0.15, -0.1) is 0 Å². The number of amides is 1. The van der Waals surface area contributed by atoms with E-state index in [1.807, 2.05) is 0 Å². The molecule has 0 aromatic carbocycles. The molecule has 1 amide bonds. The Balaban J connectivity index is 2.37. The van der Waals surface area contributed by atoms with Crippen molar-refractivity contribution in [3.05, 3.63) is 0 Å². The molecule has 1 aliphatic rings. The quantitative estimate of drug-likeness (QED) is 0.513. The summed E-state index contributed by atoms with van der Waals surface area (Å²) in [7, 11) is 1.18. The van der Waals surface area contributed by atoms with E-state index in [1.165, 1.54) is 7.11 Å². The fourth-order valence-electron chi connectivity index (χ4n) is 1.72. The van der Waals surface area contributed by atoms with Crippen LogP contribution in [0.1, 0.15) is 19.3 Å². The first-order valence-corrected chi connectivity index (χ1v) is 5.30. The number of nitrogens with two attached hydrogens (primary N) is 1. The molecule has 0 bridgehead atoms. The Labute approximate surface area is 94.1 Å². The molecule has 0 heterocycles. The number of ether oxygens (including phenoxy) is 1. The molecule has 0 aliphatic heterocycles. The van der Waals surface area contributed by atoms with E-state index in [1.54, 1.807) is 0 Å². The van der Waals surface area contributed by atoms with Gasteiger partial charge in [0.25, 0.3) is 0 Å². The summed E-state index contributed by atoms with van der Waals surface area (Å²) in [6.45, 7) is 0.167. The molecule has 1 saturated carbocycles. The molecule has 1 unspecified atom stereocenters. The van der Waals surface area contributed by atoms with Gasteiger partial charge in [-0.25, -0.2) is 4.79 Å². The smallest absolute Gasteiger partial charge is 0.336 e. The highest BCUT2D eigenvalue weighted by Gasteiger charge is 2.42. The summed E-state index contributed by atoms with van der Waals surface area (Å²) < 4.78 is 4.33. The van der Waals surface area contributed by atoms with Gasteiger partial charge in [0.1, 0.15) is 0 Å². The summed E-state index contributed by atoms with van der Waals surface area (Å²) in [6, 6.07) is 0. The first-order chi connectivity index (χ1) is 7.55. The summed E-state index contributed by atoms with van der Waals surface area (Å²) in [4.78, 5) is 22.6. The Hall–Kier alpha value is -1.14. The number of aliphatic hydroxyl groups is 1. The van der Waals surface area contributed by atoms with Crippen LogP contribution < -0.4 is 11.1 Å². The summed E-state index contributed by atoms with van der Waals surface area (Å²) >= 11 is 0. The molecule has 0 radical (unpaired) electrons. The number of rotatable bonds is 5. The number of aliphatic hydroxyl groups excluding tert-OH is 1. The maximum absolute atomic E-state index is 11.7. The molecule has 92 valence electrons. The van der Waals surface area contributed by atoms with Gasteiger partial charge in [-0.05, 0) is 12.8 Å². The van der Waals surface area contributed by atoms with Crippen LogP contribution in [0.5, 0.6) is 0 Å². The lowest BCUT2D eigenvalue weighted by molar-refractivity contribution is -0.150. The Morgan fingerprint density at radius 1 is 1.56 bits per heavy atom. The van der Waals surface area contributed by atoms with E-state index in [-0.39, 0.29) is 12.5 Å². The van der Waals surface area contributed by atoms with Gasteiger partial charge in [0, 0.05) is 6.54 Å². The number of carbonyl (C=O) groups is 2. The Bertz CT molecular complexity index is 270. The van der Waals surface area contributed by atoms with Gasteiger partial charge >= 0.3 is 5.97 Å². The zero-order valence-electron chi connectivity index (χ0n) is 9.36.